The van der Waals surface area contributed by atoms with Gasteiger partial charge in [-0.3, -0.25) is 5.10 Å². The molecule has 0 spiro atoms. The molecule has 118 valence electrons. The molecule has 1 unspecified atom stereocenters. The number of hydrogen-bond donors (Lipinski definition) is 2. The number of nitrogens with one attached hydrogen (secondary N) is 1. The van der Waals surface area contributed by atoms with Crippen LogP contribution in [-0.4, -0.2) is 23.6 Å². The number of H-pyrrole nitrogens is 1. The van der Waals surface area contributed by atoms with Gasteiger partial charge in [-0.05, 0) is 24.0 Å². The first kappa shape index (κ1) is 15.5. The van der Waals surface area contributed by atoms with Gasteiger partial charge < -0.3 is 15.2 Å². The van der Waals surface area contributed by atoms with Crippen molar-refractivity contribution >= 4 is 11.8 Å². The second kappa shape index (κ2) is 6.36. The molecule has 1 aromatic carbocycles. The molecular weight excluding hydrogens is 312 g/mol. The van der Waals surface area contributed by atoms with E-state index in [2.05, 4.69) is 16.3 Å². The van der Waals surface area contributed by atoms with Crippen LogP contribution in [0, 0.1) is 11.3 Å². The van der Waals surface area contributed by atoms with Crippen LogP contribution < -0.4 is 10.5 Å². The molecule has 23 heavy (non-hydrogen) atoms. The highest BCUT2D eigenvalue weighted by Gasteiger charge is 2.35. The maximum Gasteiger partial charge on any atom is 0.244 e. The van der Waals surface area contributed by atoms with E-state index in [1.54, 1.807) is 18.9 Å². The van der Waals surface area contributed by atoms with Crippen LogP contribution in [-0.2, 0) is 11.3 Å². The lowest BCUT2D eigenvalue weighted by Gasteiger charge is -2.24. The topological polar surface area (TPSA) is 97.0 Å². The van der Waals surface area contributed by atoms with E-state index >= 15 is 0 Å². The molecule has 2 aromatic rings. The lowest BCUT2D eigenvalue weighted by Crippen LogP contribution is -2.21. The molecule has 1 aliphatic rings. The fourth-order valence-corrected chi connectivity index (χ4v) is 3.10. The first-order valence-electron chi connectivity index (χ1n) is 6.97. The Morgan fingerprint density at radius 3 is 2.78 bits per heavy atom. The molecule has 3 N–H and O–H groups in total. The van der Waals surface area contributed by atoms with Crippen LogP contribution in [0.3, 0.4) is 0 Å². The van der Waals surface area contributed by atoms with E-state index in [1.165, 1.54) is 0 Å². The molecule has 0 amide bonds. The number of nitrogens with two attached hydrogens (primary N) is 1. The van der Waals surface area contributed by atoms with Crippen LogP contribution in [0.25, 0.3) is 0 Å². The second-order valence-electron chi connectivity index (χ2n) is 5.05. The number of methoxy groups -OCH3 is 1. The number of thioether (sulfide) groups is 1. The number of ether oxygens (including phenoxy) is 2. The fraction of sp³-hybridized carbons (Fsp3) is 0.250. The first-order chi connectivity index (χ1) is 11.2. The zero-order valence-corrected chi connectivity index (χ0v) is 13.6. The average molecular weight is 328 g/mol. The van der Waals surface area contributed by atoms with Gasteiger partial charge in [0.05, 0.1) is 23.8 Å². The predicted molar refractivity (Wildman–Crippen MR) is 86.8 cm³/mol. The zero-order chi connectivity index (χ0) is 16.4. The third kappa shape index (κ3) is 2.67. The molecule has 2 heterocycles. The van der Waals surface area contributed by atoms with E-state index in [1.807, 2.05) is 30.5 Å². The SMILES string of the molecule is COCc1[nH]nc2c1C(c1ccc(SC)cc1)C(C#N)=C(N)O2. The zero-order valence-electron chi connectivity index (χ0n) is 12.8. The molecule has 0 bridgehead atoms. The largest absolute Gasteiger partial charge is 0.420 e. The lowest BCUT2D eigenvalue weighted by molar-refractivity contribution is 0.180. The van der Waals surface area contributed by atoms with Crippen molar-refractivity contribution in [1.82, 2.24) is 10.2 Å². The third-order valence-corrected chi connectivity index (χ3v) is 4.50. The van der Waals surface area contributed by atoms with Crippen molar-refractivity contribution in [2.24, 2.45) is 5.73 Å². The molecular formula is C16H16N4O2S. The minimum Gasteiger partial charge on any atom is -0.420 e. The smallest absolute Gasteiger partial charge is 0.244 e. The van der Waals surface area contributed by atoms with Gasteiger partial charge in [-0.25, -0.2) is 0 Å². The van der Waals surface area contributed by atoms with Crippen molar-refractivity contribution in [1.29, 1.82) is 5.26 Å². The van der Waals surface area contributed by atoms with Gasteiger partial charge in [0, 0.05) is 12.0 Å². The van der Waals surface area contributed by atoms with Gasteiger partial charge >= 0.3 is 0 Å². The average Bonchev–Trinajstić information content (AvgIpc) is 2.96. The van der Waals surface area contributed by atoms with Gasteiger partial charge in [-0.2, -0.15) is 5.26 Å². The number of allylic oxidation sites excluding steroid dienone is 1. The van der Waals surface area contributed by atoms with E-state index in [0.29, 0.717) is 18.1 Å². The Morgan fingerprint density at radius 1 is 1.43 bits per heavy atom. The molecule has 0 saturated carbocycles. The van der Waals surface area contributed by atoms with Crippen LogP contribution in [0.4, 0.5) is 0 Å². The highest BCUT2D eigenvalue weighted by atomic mass is 32.2. The van der Waals surface area contributed by atoms with E-state index in [0.717, 1.165) is 21.7 Å². The minimum atomic E-state index is -0.316. The van der Waals surface area contributed by atoms with Crippen molar-refractivity contribution in [3.8, 4) is 11.9 Å². The van der Waals surface area contributed by atoms with Crippen LogP contribution in [0.1, 0.15) is 22.7 Å². The number of nitriles is 1. The quantitative estimate of drug-likeness (QED) is 0.837. The Morgan fingerprint density at radius 2 is 2.17 bits per heavy atom. The van der Waals surface area contributed by atoms with Gasteiger partial charge in [-0.15, -0.1) is 16.9 Å². The predicted octanol–water partition coefficient (Wildman–Crippen LogP) is 2.50. The third-order valence-electron chi connectivity index (χ3n) is 3.76. The summed E-state index contributed by atoms with van der Waals surface area (Å²) in [6.07, 6.45) is 2.02. The summed E-state index contributed by atoms with van der Waals surface area (Å²) in [5.74, 6) is 0.172. The summed E-state index contributed by atoms with van der Waals surface area (Å²) in [7, 11) is 1.61. The van der Waals surface area contributed by atoms with Crippen molar-refractivity contribution in [2.45, 2.75) is 17.4 Å². The highest BCUT2D eigenvalue weighted by Crippen LogP contribution is 2.43. The van der Waals surface area contributed by atoms with E-state index in [-0.39, 0.29) is 11.8 Å². The Balaban J connectivity index is 2.15. The van der Waals surface area contributed by atoms with Gasteiger partial charge in [0.25, 0.3) is 0 Å². The van der Waals surface area contributed by atoms with Gasteiger partial charge in [0.1, 0.15) is 11.6 Å². The summed E-state index contributed by atoms with van der Waals surface area (Å²) in [6.45, 7) is 0.351. The van der Waals surface area contributed by atoms with Crippen molar-refractivity contribution in [2.75, 3.05) is 13.4 Å². The summed E-state index contributed by atoms with van der Waals surface area (Å²) >= 11 is 1.66. The van der Waals surface area contributed by atoms with Gasteiger partial charge in [-0.1, -0.05) is 12.1 Å². The second-order valence-corrected chi connectivity index (χ2v) is 5.93. The number of hydrogen-bond acceptors (Lipinski definition) is 6. The van der Waals surface area contributed by atoms with Crippen molar-refractivity contribution in [3.63, 3.8) is 0 Å². The standard InChI is InChI=1S/C16H16N4O2S/c1-21-8-12-14-13(9-3-5-10(23-2)6-4-9)11(7-17)15(18)22-16(14)20-19-12/h3-6,13H,8,18H2,1-2H3,(H,19,20). The summed E-state index contributed by atoms with van der Waals surface area (Å²) in [6, 6.07) is 10.2. The van der Waals surface area contributed by atoms with Crippen molar-refractivity contribution in [3.05, 3.63) is 52.5 Å². The monoisotopic (exact) mass is 328 g/mol. The normalized spacial score (nSPS) is 16.7. The summed E-state index contributed by atoms with van der Waals surface area (Å²) in [5, 5.41) is 16.6. The van der Waals surface area contributed by atoms with Crippen LogP contribution >= 0.6 is 11.8 Å². The molecule has 0 aliphatic carbocycles. The molecule has 0 radical (unpaired) electrons. The van der Waals surface area contributed by atoms with Crippen LogP contribution in [0.5, 0.6) is 5.88 Å². The highest BCUT2D eigenvalue weighted by molar-refractivity contribution is 7.98. The molecule has 6 nitrogen and oxygen atoms in total. The van der Waals surface area contributed by atoms with E-state index < -0.39 is 0 Å². The molecule has 1 atom stereocenters. The minimum absolute atomic E-state index is 0.0920. The number of aromatic amines is 1. The van der Waals surface area contributed by atoms with Gasteiger partial charge in [0.15, 0.2) is 0 Å². The van der Waals surface area contributed by atoms with Crippen LogP contribution in [0.15, 0.2) is 40.6 Å². The maximum atomic E-state index is 9.54. The van der Waals surface area contributed by atoms with E-state index in [9.17, 15) is 5.26 Å². The van der Waals surface area contributed by atoms with E-state index in [4.69, 9.17) is 15.2 Å². The number of benzene rings is 1. The lowest BCUT2D eigenvalue weighted by atomic mass is 9.84. The maximum absolute atomic E-state index is 9.54. The Kier molecular flexibility index (Phi) is 4.28. The molecule has 1 aromatic heterocycles. The molecule has 7 heteroatoms. The molecule has 0 saturated heterocycles. The molecule has 1 aliphatic heterocycles. The molecule has 3 rings (SSSR count). The fourth-order valence-electron chi connectivity index (χ4n) is 2.69. The Hall–Kier alpha value is -2.43. The summed E-state index contributed by atoms with van der Waals surface area (Å²) < 4.78 is 10.7. The van der Waals surface area contributed by atoms with Crippen molar-refractivity contribution < 1.29 is 9.47 Å². The number of fused-ring (bicyclic) bond motifs is 1. The number of nitrogens with zero attached hydrogens (tertiary/aromatic N) is 2. The number of aromatic nitrogens is 2. The van der Waals surface area contributed by atoms with Gasteiger partial charge in [0.2, 0.25) is 11.8 Å². The van der Waals surface area contributed by atoms with Crippen LogP contribution in [0.2, 0.25) is 0 Å². The Bertz CT molecular complexity index is 789. The Labute approximate surface area is 138 Å². The summed E-state index contributed by atoms with van der Waals surface area (Å²) in [5.41, 5.74) is 8.84. The summed E-state index contributed by atoms with van der Waals surface area (Å²) in [4.78, 5) is 1.15. The molecule has 0 fully saturated rings. The number of rotatable bonds is 4. The first-order valence-corrected chi connectivity index (χ1v) is 8.19.